The summed E-state index contributed by atoms with van der Waals surface area (Å²) in [4.78, 5) is 2.47. The van der Waals surface area contributed by atoms with E-state index >= 15 is 0 Å². The molecule has 0 amide bonds. The summed E-state index contributed by atoms with van der Waals surface area (Å²) in [6.07, 6.45) is 4.09. The van der Waals surface area contributed by atoms with E-state index in [1.807, 2.05) is 18.2 Å². The SMILES string of the molecule is Cl.Cl.OC1(C(CN2CCNCC2)c2cccc(Cl)c2)CCCC1. The van der Waals surface area contributed by atoms with Crippen LogP contribution in [0.25, 0.3) is 0 Å². The number of hydrogen-bond acceptors (Lipinski definition) is 3. The van der Waals surface area contributed by atoms with Gasteiger partial charge >= 0.3 is 0 Å². The van der Waals surface area contributed by atoms with E-state index in [1.165, 1.54) is 5.56 Å². The molecule has 1 atom stereocenters. The molecule has 1 aliphatic heterocycles. The number of hydrogen-bond donors (Lipinski definition) is 2. The highest BCUT2D eigenvalue weighted by molar-refractivity contribution is 6.30. The fourth-order valence-electron chi connectivity index (χ4n) is 3.80. The summed E-state index contributed by atoms with van der Waals surface area (Å²) in [5.74, 6) is 0.164. The van der Waals surface area contributed by atoms with Crippen LogP contribution in [-0.2, 0) is 0 Å². The van der Waals surface area contributed by atoms with Crippen LogP contribution in [0.15, 0.2) is 24.3 Å². The first-order chi connectivity index (χ1) is 10.2. The number of nitrogens with one attached hydrogen (secondary N) is 1. The van der Waals surface area contributed by atoms with E-state index in [1.54, 1.807) is 0 Å². The average molecular weight is 382 g/mol. The van der Waals surface area contributed by atoms with Crippen LogP contribution < -0.4 is 5.32 Å². The van der Waals surface area contributed by atoms with E-state index in [2.05, 4.69) is 16.3 Å². The zero-order chi connectivity index (χ0) is 14.7. The third-order valence-corrected chi connectivity index (χ3v) is 5.25. The van der Waals surface area contributed by atoms with Crippen LogP contribution in [0.5, 0.6) is 0 Å². The van der Waals surface area contributed by atoms with Crippen molar-refractivity contribution in [3.8, 4) is 0 Å². The average Bonchev–Trinajstić information content (AvgIpc) is 2.93. The second-order valence-corrected chi connectivity index (χ2v) is 6.91. The van der Waals surface area contributed by atoms with Crippen LogP contribution in [0.1, 0.15) is 37.2 Å². The van der Waals surface area contributed by atoms with E-state index in [4.69, 9.17) is 11.6 Å². The van der Waals surface area contributed by atoms with Crippen LogP contribution >= 0.6 is 36.4 Å². The molecule has 2 aliphatic rings. The van der Waals surface area contributed by atoms with E-state index in [0.717, 1.165) is 63.4 Å². The zero-order valence-electron chi connectivity index (χ0n) is 13.3. The Morgan fingerprint density at radius 2 is 1.83 bits per heavy atom. The molecule has 1 aliphatic carbocycles. The van der Waals surface area contributed by atoms with Crippen molar-refractivity contribution in [3.63, 3.8) is 0 Å². The van der Waals surface area contributed by atoms with Gasteiger partial charge in [0.05, 0.1) is 5.60 Å². The molecule has 2 fully saturated rings. The van der Waals surface area contributed by atoms with Crippen molar-refractivity contribution in [1.29, 1.82) is 0 Å². The number of piperazine rings is 1. The van der Waals surface area contributed by atoms with Gasteiger partial charge in [0.2, 0.25) is 0 Å². The Morgan fingerprint density at radius 3 is 2.43 bits per heavy atom. The fraction of sp³-hybridized carbons (Fsp3) is 0.647. The van der Waals surface area contributed by atoms with Crippen LogP contribution in [-0.4, -0.2) is 48.3 Å². The highest BCUT2D eigenvalue weighted by Gasteiger charge is 2.41. The molecule has 6 heteroatoms. The second kappa shape index (κ2) is 9.45. The quantitative estimate of drug-likeness (QED) is 0.838. The lowest BCUT2D eigenvalue weighted by Crippen LogP contribution is -2.48. The molecule has 0 spiro atoms. The van der Waals surface area contributed by atoms with E-state index < -0.39 is 5.60 Å². The van der Waals surface area contributed by atoms with Gasteiger partial charge in [-0.3, -0.25) is 0 Å². The number of nitrogens with zero attached hydrogens (tertiary/aromatic N) is 1. The van der Waals surface area contributed by atoms with Crippen molar-refractivity contribution < 1.29 is 5.11 Å². The minimum absolute atomic E-state index is 0. The van der Waals surface area contributed by atoms with Crippen molar-refractivity contribution in [2.24, 2.45) is 0 Å². The van der Waals surface area contributed by atoms with Crippen LogP contribution in [0.3, 0.4) is 0 Å². The summed E-state index contributed by atoms with van der Waals surface area (Å²) in [6, 6.07) is 8.06. The molecule has 0 bridgehead atoms. The van der Waals surface area contributed by atoms with Gasteiger partial charge in [-0.15, -0.1) is 24.8 Å². The first-order valence-electron chi connectivity index (χ1n) is 8.08. The smallest absolute Gasteiger partial charge is 0.0728 e. The molecular formula is C17H27Cl3N2O. The van der Waals surface area contributed by atoms with Crippen LogP contribution in [0, 0.1) is 0 Å². The zero-order valence-corrected chi connectivity index (χ0v) is 15.7. The van der Waals surface area contributed by atoms with Crippen molar-refractivity contribution in [1.82, 2.24) is 10.2 Å². The Balaban J connectivity index is 0.00000132. The molecule has 1 saturated heterocycles. The van der Waals surface area contributed by atoms with Crippen molar-refractivity contribution >= 4 is 36.4 Å². The Kier molecular flexibility index (Phi) is 8.64. The maximum Gasteiger partial charge on any atom is 0.0728 e. The Labute approximate surface area is 156 Å². The molecular weight excluding hydrogens is 355 g/mol. The molecule has 1 heterocycles. The maximum atomic E-state index is 11.1. The van der Waals surface area contributed by atoms with Gasteiger partial charge in [0.1, 0.15) is 0 Å². The topological polar surface area (TPSA) is 35.5 Å². The maximum absolute atomic E-state index is 11.1. The predicted octanol–water partition coefficient (Wildman–Crippen LogP) is 3.48. The first kappa shape index (κ1) is 21.0. The molecule has 1 saturated carbocycles. The lowest BCUT2D eigenvalue weighted by Gasteiger charge is -2.38. The van der Waals surface area contributed by atoms with Gasteiger partial charge in [-0.05, 0) is 30.5 Å². The molecule has 0 aromatic heterocycles. The third kappa shape index (κ3) is 5.22. The van der Waals surface area contributed by atoms with E-state index in [0.29, 0.717) is 0 Å². The Hall–Kier alpha value is -0.0300. The van der Waals surface area contributed by atoms with Gasteiger partial charge in [-0.25, -0.2) is 0 Å². The summed E-state index contributed by atoms with van der Waals surface area (Å²) >= 11 is 6.18. The fourth-order valence-corrected chi connectivity index (χ4v) is 4.00. The molecule has 1 aromatic rings. The van der Waals surface area contributed by atoms with Crippen LogP contribution in [0.4, 0.5) is 0 Å². The standard InChI is InChI=1S/C17H25ClN2O.2ClH/c18-15-5-3-4-14(12-15)16(17(21)6-1-2-7-17)13-20-10-8-19-9-11-20;;/h3-5,12,16,19,21H,1-2,6-11,13H2;2*1H. The van der Waals surface area contributed by atoms with Gasteiger partial charge in [-0.1, -0.05) is 36.6 Å². The minimum Gasteiger partial charge on any atom is -0.389 e. The summed E-state index contributed by atoms with van der Waals surface area (Å²) < 4.78 is 0. The highest BCUT2D eigenvalue weighted by Crippen LogP contribution is 2.42. The van der Waals surface area contributed by atoms with E-state index in [-0.39, 0.29) is 30.7 Å². The first-order valence-corrected chi connectivity index (χ1v) is 8.46. The molecule has 3 nitrogen and oxygen atoms in total. The summed E-state index contributed by atoms with van der Waals surface area (Å²) in [6.45, 7) is 5.14. The lowest BCUT2D eigenvalue weighted by atomic mass is 9.80. The summed E-state index contributed by atoms with van der Waals surface area (Å²) in [7, 11) is 0. The Bertz CT molecular complexity index is 475. The molecule has 2 N–H and O–H groups in total. The number of aliphatic hydroxyl groups is 1. The molecule has 1 unspecified atom stereocenters. The monoisotopic (exact) mass is 380 g/mol. The normalized spacial score (nSPS) is 22.0. The number of benzene rings is 1. The molecule has 132 valence electrons. The van der Waals surface area contributed by atoms with E-state index in [9.17, 15) is 5.11 Å². The molecule has 1 aromatic carbocycles. The number of rotatable bonds is 4. The molecule has 23 heavy (non-hydrogen) atoms. The molecule has 3 rings (SSSR count). The third-order valence-electron chi connectivity index (χ3n) is 5.02. The lowest BCUT2D eigenvalue weighted by molar-refractivity contribution is 0.00497. The largest absolute Gasteiger partial charge is 0.389 e. The molecule has 0 radical (unpaired) electrons. The second-order valence-electron chi connectivity index (χ2n) is 6.47. The van der Waals surface area contributed by atoms with Crippen LogP contribution in [0.2, 0.25) is 5.02 Å². The number of halogens is 3. The van der Waals surface area contributed by atoms with Crippen molar-refractivity contribution in [2.75, 3.05) is 32.7 Å². The summed E-state index contributed by atoms with van der Waals surface area (Å²) in [5, 5.41) is 15.3. The Morgan fingerprint density at radius 1 is 1.17 bits per heavy atom. The van der Waals surface area contributed by atoms with Gasteiger partial charge < -0.3 is 15.3 Å². The predicted molar refractivity (Wildman–Crippen MR) is 101 cm³/mol. The highest BCUT2D eigenvalue weighted by atomic mass is 35.5. The van der Waals surface area contributed by atoms with Gasteiger partial charge in [0.15, 0.2) is 0 Å². The minimum atomic E-state index is -0.560. The van der Waals surface area contributed by atoms with Crippen molar-refractivity contribution in [3.05, 3.63) is 34.9 Å². The van der Waals surface area contributed by atoms with Gasteiger partial charge in [-0.2, -0.15) is 0 Å². The van der Waals surface area contributed by atoms with Gasteiger partial charge in [0.25, 0.3) is 0 Å². The summed E-state index contributed by atoms with van der Waals surface area (Å²) in [5.41, 5.74) is 0.626. The van der Waals surface area contributed by atoms with Gasteiger partial charge in [0, 0.05) is 43.7 Å². The van der Waals surface area contributed by atoms with Crippen molar-refractivity contribution in [2.45, 2.75) is 37.2 Å².